The summed E-state index contributed by atoms with van der Waals surface area (Å²) in [6, 6.07) is 21.5. The van der Waals surface area contributed by atoms with Crippen molar-refractivity contribution in [2.24, 2.45) is 4.99 Å². The predicted molar refractivity (Wildman–Crippen MR) is 109 cm³/mol. The third-order valence-electron chi connectivity index (χ3n) is 4.62. The van der Waals surface area contributed by atoms with Crippen LogP contribution in [0.1, 0.15) is 4.88 Å². The smallest absolute Gasteiger partial charge is 0.140 e. The van der Waals surface area contributed by atoms with E-state index in [0.717, 1.165) is 34.2 Å². The minimum Gasteiger partial charge on any atom is -0.367 e. The highest BCUT2D eigenvalue weighted by atomic mass is 35.5. The summed E-state index contributed by atoms with van der Waals surface area (Å²) < 4.78 is 1.20. The first-order valence-electron chi connectivity index (χ1n) is 8.30. The second-order valence-corrected chi connectivity index (χ2v) is 7.57. The van der Waals surface area contributed by atoms with Gasteiger partial charge in [0, 0.05) is 16.6 Å². The number of thiophene rings is 1. The quantitative estimate of drug-likeness (QED) is 0.484. The molecule has 25 heavy (non-hydrogen) atoms. The van der Waals surface area contributed by atoms with Gasteiger partial charge in [-0.1, -0.05) is 66.2 Å². The standard InChI is InChI=1S/C21H15ClN2S/c22-19-17-9-8-14(12-18(17)25-20(19)21-23-10-11-24-21)16-7-3-5-13-4-1-2-6-15(13)16/h1-9,12H,10-11H2,(H,23,24). The average molecular weight is 363 g/mol. The highest BCUT2D eigenvalue weighted by molar-refractivity contribution is 7.21. The van der Waals surface area contributed by atoms with Crippen molar-refractivity contribution in [3.8, 4) is 11.1 Å². The van der Waals surface area contributed by atoms with Crippen molar-refractivity contribution >= 4 is 49.6 Å². The molecular weight excluding hydrogens is 348 g/mol. The van der Waals surface area contributed by atoms with Crippen molar-refractivity contribution in [2.45, 2.75) is 0 Å². The number of fused-ring (bicyclic) bond motifs is 2. The lowest BCUT2D eigenvalue weighted by Gasteiger charge is -2.07. The largest absolute Gasteiger partial charge is 0.367 e. The van der Waals surface area contributed by atoms with E-state index >= 15 is 0 Å². The number of hydrogen-bond donors (Lipinski definition) is 1. The summed E-state index contributed by atoms with van der Waals surface area (Å²) in [5.74, 6) is 0.929. The Balaban J connectivity index is 1.70. The Morgan fingerprint density at radius 2 is 1.84 bits per heavy atom. The van der Waals surface area contributed by atoms with Gasteiger partial charge in [-0.15, -0.1) is 11.3 Å². The molecule has 0 fully saturated rings. The molecule has 2 heterocycles. The van der Waals surface area contributed by atoms with Crippen LogP contribution in [0, 0.1) is 0 Å². The third kappa shape index (κ3) is 2.43. The predicted octanol–water partition coefficient (Wildman–Crippen LogP) is 5.72. The van der Waals surface area contributed by atoms with Crippen molar-refractivity contribution in [3.05, 3.63) is 70.6 Å². The minimum atomic E-state index is 0.803. The van der Waals surface area contributed by atoms with E-state index < -0.39 is 0 Å². The van der Waals surface area contributed by atoms with Crippen LogP contribution in [0.15, 0.2) is 65.7 Å². The molecule has 0 radical (unpaired) electrons. The SMILES string of the molecule is Clc1c(C2=NCCN2)sc2cc(-c3cccc4ccccc34)ccc12. The van der Waals surface area contributed by atoms with Gasteiger partial charge in [0.2, 0.25) is 0 Å². The van der Waals surface area contributed by atoms with Gasteiger partial charge in [0.25, 0.3) is 0 Å². The summed E-state index contributed by atoms with van der Waals surface area (Å²) in [5.41, 5.74) is 2.47. The Bertz CT molecular complexity index is 1140. The molecule has 0 bridgehead atoms. The van der Waals surface area contributed by atoms with Gasteiger partial charge in [-0.05, 0) is 28.0 Å². The summed E-state index contributed by atoms with van der Waals surface area (Å²) >= 11 is 8.33. The van der Waals surface area contributed by atoms with Crippen LogP contribution >= 0.6 is 22.9 Å². The first kappa shape index (κ1) is 14.9. The molecule has 5 rings (SSSR count). The summed E-state index contributed by atoms with van der Waals surface area (Å²) in [7, 11) is 0. The molecule has 2 nitrogen and oxygen atoms in total. The molecule has 1 N–H and O–H groups in total. The van der Waals surface area contributed by atoms with Gasteiger partial charge in [0.05, 0.1) is 16.4 Å². The molecule has 0 spiro atoms. The van der Waals surface area contributed by atoms with E-state index in [1.165, 1.54) is 26.6 Å². The lowest BCUT2D eigenvalue weighted by atomic mass is 9.98. The number of rotatable bonds is 2. The average Bonchev–Trinajstić information content (AvgIpc) is 3.29. The van der Waals surface area contributed by atoms with Gasteiger partial charge in [-0.3, -0.25) is 4.99 Å². The van der Waals surface area contributed by atoms with Crippen molar-refractivity contribution in [2.75, 3.05) is 13.1 Å². The first-order chi connectivity index (χ1) is 12.3. The fourth-order valence-corrected chi connectivity index (χ4v) is 4.96. The van der Waals surface area contributed by atoms with Gasteiger partial charge < -0.3 is 5.32 Å². The number of aliphatic imine (C=N–C) groups is 1. The van der Waals surface area contributed by atoms with Crippen LogP contribution in [0.2, 0.25) is 5.02 Å². The number of nitrogens with one attached hydrogen (secondary N) is 1. The maximum atomic E-state index is 6.62. The van der Waals surface area contributed by atoms with Gasteiger partial charge >= 0.3 is 0 Å². The fourth-order valence-electron chi connectivity index (χ4n) is 3.41. The van der Waals surface area contributed by atoms with E-state index in [1.807, 2.05) is 0 Å². The molecule has 0 amide bonds. The number of nitrogens with zero attached hydrogens (tertiary/aromatic N) is 1. The van der Waals surface area contributed by atoms with Crippen LogP contribution in [-0.2, 0) is 0 Å². The van der Waals surface area contributed by atoms with Crippen LogP contribution < -0.4 is 5.32 Å². The molecule has 0 aliphatic carbocycles. The minimum absolute atomic E-state index is 0.803. The van der Waals surface area contributed by atoms with Gasteiger partial charge in [0.15, 0.2) is 0 Å². The third-order valence-corrected chi connectivity index (χ3v) is 6.28. The van der Waals surface area contributed by atoms with E-state index in [0.29, 0.717) is 0 Å². The van der Waals surface area contributed by atoms with Crippen molar-refractivity contribution in [3.63, 3.8) is 0 Å². The highest BCUT2D eigenvalue weighted by Gasteiger charge is 2.18. The van der Waals surface area contributed by atoms with Gasteiger partial charge in [0.1, 0.15) is 5.84 Å². The fraction of sp³-hybridized carbons (Fsp3) is 0.0952. The first-order valence-corrected chi connectivity index (χ1v) is 9.49. The van der Waals surface area contributed by atoms with Crippen LogP contribution in [0.5, 0.6) is 0 Å². The maximum Gasteiger partial charge on any atom is 0.140 e. The topological polar surface area (TPSA) is 24.4 Å². The molecule has 1 aromatic heterocycles. The lowest BCUT2D eigenvalue weighted by Crippen LogP contribution is -2.18. The van der Waals surface area contributed by atoms with E-state index in [-0.39, 0.29) is 0 Å². The molecule has 4 heteroatoms. The van der Waals surface area contributed by atoms with E-state index in [4.69, 9.17) is 11.6 Å². The summed E-state index contributed by atoms with van der Waals surface area (Å²) in [4.78, 5) is 5.56. The molecule has 0 atom stereocenters. The number of benzene rings is 3. The van der Waals surface area contributed by atoms with Crippen LogP contribution in [0.3, 0.4) is 0 Å². The normalized spacial score (nSPS) is 14.0. The number of halogens is 1. The lowest BCUT2D eigenvalue weighted by molar-refractivity contribution is 0.960. The van der Waals surface area contributed by atoms with Crippen molar-refractivity contribution in [1.82, 2.24) is 5.32 Å². The molecule has 0 saturated carbocycles. The zero-order valence-corrected chi connectivity index (χ0v) is 15.0. The molecule has 0 saturated heterocycles. The summed E-state index contributed by atoms with van der Waals surface area (Å²) in [5, 5.41) is 7.75. The monoisotopic (exact) mass is 362 g/mol. The van der Waals surface area contributed by atoms with Gasteiger partial charge in [-0.2, -0.15) is 0 Å². The molecular formula is C21H15ClN2S. The second-order valence-electron chi connectivity index (χ2n) is 6.14. The highest BCUT2D eigenvalue weighted by Crippen LogP contribution is 2.39. The zero-order valence-electron chi connectivity index (χ0n) is 13.4. The number of hydrogen-bond acceptors (Lipinski definition) is 3. The number of amidine groups is 1. The van der Waals surface area contributed by atoms with E-state index in [1.54, 1.807) is 11.3 Å². The van der Waals surface area contributed by atoms with Crippen LogP contribution in [0.4, 0.5) is 0 Å². The Kier molecular flexibility index (Phi) is 3.51. The van der Waals surface area contributed by atoms with Crippen LogP contribution in [-0.4, -0.2) is 18.9 Å². The summed E-state index contributed by atoms with van der Waals surface area (Å²) in [6.45, 7) is 1.71. The Hall–Kier alpha value is -2.36. The second kappa shape index (κ2) is 5.87. The summed E-state index contributed by atoms with van der Waals surface area (Å²) in [6.07, 6.45) is 0. The van der Waals surface area contributed by atoms with E-state index in [2.05, 4.69) is 71.0 Å². The van der Waals surface area contributed by atoms with Crippen molar-refractivity contribution in [1.29, 1.82) is 0 Å². The molecule has 1 aliphatic heterocycles. The Morgan fingerprint density at radius 3 is 2.72 bits per heavy atom. The molecule has 122 valence electrons. The molecule has 3 aromatic carbocycles. The molecule has 1 aliphatic rings. The molecule has 0 unspecified atom stereocenters. The zero-order chi connectivity index (χ0) is 16.8. The van der Waals surface area contributed by atoms with E-state index in [9.17, 15) is 0 Å². The van der Waals surface area contributed by atoms with Crippen LogP contribution in [0.25, 0.3) is 32.0 Å². The Morgan fingerprint density at radius 1 is 0.960 bits per heavy atom. The van der Waals surface area contributed by atoms with Gasteiger partial charge in [-0.25, -0.2) is 0 Å². The molecule has 4 aromatic rings. The maximum absolute atomic E-state index is 6.62. The Labute approximate surface area is 154 Å². The van der Waals surface area contributed by atoms with Crippen molar-refractivity contribution < 1.29 is 0 Å².